The van der Waals surface area contributed by atoms with E-state index in [0.717, 1.165) is 10.7 Å². The summed E-state index contributed by atoms with van der Waals surface area (Å²) in [6.45, 7) is 4.39. The normalized spacial score (nSPS) is 17.4. The molecule has 0 N–H and O–H groups in total. The monoisotopic (exact) mass is 280 g/mol. The summed E-state index contributed by atoms with van der Waals surface area (Å²) in [5, 5.41) is 0. The molecule has 0 saturated heterocycles. The molecule has 0 heterocycles. The van der Waals surface area contributed by atoms with Gasteiger partial charge < -0.3 is 0 Å². The molecule has 0 radical (unpaired) electrons. The number of alkyl halides is 1. The molecule has 0 nitrogen and oxygen atoms in total. The van der Waals surface area contributed by atoms with E-state index in [0.29, 0.717) is 0 Å². The molecule has 1 aromatic carbocycles. The van der Waals surface area contributed by atoms with Gasteiger partial charge in [-0.15, -0.1) is 0 Å². The van der Waals surface area contributed by atoms with E-state index in [-0.39, 0.29) is 0 Å². The van der Waals surface area contributed by atoms with Gasteiger partial charge in [0.1, 0.15) is 0 Å². The zero-order chi connectivity index (χ0) is 11.5. The summed E-state index contributed by atoms with van der Waals surface area (Å²) in [6.07, 6.45) is 6.77. The molecule has 1 saturated carbocycles. The van der Waals surface area contributed by atoms with Crippen LogP contribution in [0.3, 0.4) is 0 Å². The molecule has 16 heavy (non-hydrogen) atoms. The van der Waals surface area contributed by atoms with Crippen LogP contribution < -0.4 is 0 Å². The molecule has 0 aromatic heterocycles. The van der Waals surface area contributed by atoms with E-state index < -0.39 is 0 Å². The first-order valence-corrected chi connectivity index (χ1v) is 7.28. The van der Waals surface area contributed by atoms with E-state index in [4.69, 9.17) is 0 Å². The van der Waals surface area contributed by atoms with E-state index in [2.05, 4.69) is 48.0 Å². The standard InChI is InChI=1S/C15H21Br/c1-11-6-7-13(10-12(11)2)4-3-5-15(16)14-8-9-14/h6-7,10,14-15H,3-5,8-9H2,1-2H3. The van der Waals surface area contributed by atoms with Crippen LogP contribution in [0.5, 0.6) is 0 Å². The van der Waals surface area contributed by atoms with Crippen LogP contribution in [-0.4, -0.2) is 4.83 Å². The van der Waals surface area contributed by atoms with Crippen molar-refractivity contribution in [2.45, 2.75) is 50.8 Å². The van der Waals surface area contributed by atoms with E-state index in [1.54, 1.807) is 0 Å². The topological polar surface area (TPSA) is 0 Å². The van der Waals surface area contributed by atoms with Gasteiger partial charge in [-0.1, -0.05) is 34.1 Å². The molecule has 1 aliphatic rings. The Morgan fingerprint density at radius 2 is 2.00 bits per heavy atom. The third kappa shape index (κ3) is 3.35. The molecule has 1 atom stereocenters. The zero-order valence-corrected chi connectivity index (χ0v) is 11.9. The lowest BCUT2D eigenvalue weighted by Crippen LogP contribution is -2.01. The molecular formula is C15H21Br. The van der Waals surface area contributed by atoms with Gasteiger partial charge in [0.15, 0.2) is 0 Å². The van der Waals surface area contributed by atoms with Gasteiger partial charge in [0.05, 0.1) is 0 Å². The molecular weight excluding hydrogens is 260 g/mol. The van der Waals surface area contributed by atoms with Crippen molar-refractivity contribution in [2.75, 3.05) is 0 Å². The summed E-state index contributed by atoms with van der Waals surface area (Å²) in [6, 6.07) is 6.87. The SMILES string of the molecule is Cc1ccc(CCCC(Br)C2CC2)cc1C. The first kappa shape index (κ1) is 12.2. The summed E-state index contributed by atoms with van der Waals surface area (Å²) in [5.74, 6) is 0.986. The molecule has 0 amide bonds. The van der Waals surface area contributed by atoms with Gasteiger partial charge in [0.2, 0.25) is 0 Å². The minimum Gasteiger partial charge on any atom is -0.0888 e. The summed E-state index contributed by atoms with van der Waals surface area (Å²) in [7, 11) is 0. The van der Waals surface area contributed by atoms with Crippen molar-refractivity contribution >= 4 is 15.9 Å². The Labute approximate surface area is 108 Å². The van der Waals surface area contributed by atoms with Crippen LogP contribution in [-0.2, 0) is 6.42 Å². The van der Waals surface area contributed by atoms with Crippen molar-refractivity contribution < 1.29 is 0 Å². The Bertz CT molecular complexity index is 352. The Morgan fingerprint density at radius 1 is 1.25 bits per heavy atom. The highest BCUT2D eigenvalue weighted by Crippen LogP contribution is 2.38. The smallest absolute Gasteiger partial charge is 0.0174 e. The van der Waals surface area contributed by atoms with E-state index >= 15 is 0 Å². The molecule has 2 rings (SSSR count). The van der Waals surface area contributed by atoms with Crippen molar-refractivity contribution in [3.05, 3.63) is 34.9 Å². The maximum absolute atomic E-state index is 3.80. The number of hydrogen-bond acceptors (Lipinski definition) is 0. The lowest BCUT2D eigenvalue weighted by molar-refractivity contribution is 0.653. The van der Waals surface area contributed by atoms with Gasteiger partial charge in [-0.3, -0.25) is 0 Å². The second-order valence-electron chi connectivity index (χ2n) is 5.16. The van der Waals surface area contributed by atoms with Crippen LogP contribution in [0.15, 0.2) is 18.2 Å². The van der Waals surface area contributed by atoms with Gasteiger partial charge in [0, 0.05) is 4.83 Å². The molecule has 1 aliphatic carbocycles. The van der Waals surface area contributed by atoms with Gasteiger partial charge in [0.25, 0.3) is 0 Å². The highest BCUT2D eigenvalue weighted by atomic mass is 79.9. The number of aryl methyl sites for hydroxylation is 3. The minimum absolute atomic E-state index is 0.777. The van der Waals surface area contributed by atoms with Crippen LogP contribution in [0.1, 0.15) is 42.4 Å². The Balaban J connectivity index is 1.78. The highest BCUT2D eigenvalue weighted by Gasteiger charge is 2.28. The fourth-order valence-electron chi connectivity index (χ4n) is 2.15. The van der Waals surface area contributed by atoms with Gasteiger partial charge in [-0.2, -0.15) is 0 Å². The molecule has 0 aliphatic heterocycles. The van der Waals surface area contributed by atoms with E-state index in [1.165, 1.54) is 48.8 Å². The maximum Gasteiger partial charge on any atom is 0.0174 e. The fraction of sp³-hybridized carbons (Fsp3) is 0.600. The highest BCUT2D eigenvalue weighted by molar-refractivity contribution is 9.09. The largest absolute Gasteiger partial charge is 0.0888 e. The van der Waals surface area contributed by atoms with Crippen LogP contribution in [0.4, 0.5) is 0 Å². The lowest BCUT2D eigenvalue weighted by atomic mass is 10.0. The second kappa shape index (κ2) is 5.35. The molecule has 1 heteroatoms. The molecule has 1 fully saturated rings. The summed E-state index contributed by atoms with van der Waals surface area (Å²) >= 11 is 3.80. The fourth-order valence-corrected chi connectivity index (χ4v) is 3.01. The zero-order valence-electron chi connectivity index (χ0n) is 10.3. The van der Waals surface area contributed by atoms with Crippen LogP contribution in [0.25, 0.3) is 0 Å². The Hall–Kier alpha value is -0.300. The Morgan fingerprint density at radius 3 is 2.62 bits per heavy atom. The lowest BCUT2D eigenvalue weighted by Gasteiger charge is -2.08. The molecule has 1 aromatic rings. The molecule has 0 bridgehead atoms. The average Bonchev–Trinajstić information content (AvgIpc) is 3.07. The van der Waals surface area contributed by atoms with Gasteiger partial charge >= 0.3 is 0 Å². The van der Waals surface area contributed by atoms with Gasteiger partial charge in [-0.25, -0.2) is 0 Å². The van der Waals surface area contributed by atoms with Crippen molar-refractivity contribution in [1.29, 1.82) is 0 Å². The maximum atomic E-state index is 3.80. The third-order valence-electron chi connectivity index (χ3n) is 3.65. The predicted octanol–water partition coefficient (Wildman–Crippen LogP) is 4.80. The summed E-state index contributed by atoms with van der Waals surface area (Å²) in [4.78, 5) is 0.777. The summed E-state index contributed by atoms with van der Waals surface area (Å²) in [5.41, 5.74) is 4.33. The predicted molar refractivity (Wildman–Crippen MR) is 74.3 cm³/mol. The Kier molecular flexibility index (Phi) is 4.07. The number of halogens is 1. The number of hydrogen-bond donors (Lipinski definition) is 0. The third-order valence-corrected chi connectivity index (χ3v) is 4.86. The van der Waals surface area contributed by atoms with Crippen molar-refractivity contribution in [1.82, 2.24) is 0 Å². The van der Waals surface area contributed by atoms with Crippen molar-refractivity contribution in [3.63, 3.8) is 0 Å². The first-order chi connectivity index (χ1) is 7.66. The van der Waals surface area contributed by atoms with Crippen LogP contribution in [0.2, 0.25) is 0 Å². The number of benzene rings is 1. The molecule has 1 unspecified atom stereocenters. The average molecular weight is 281 g/mol. The van der Waals surface area contributed by atoms with Gasteiger partial charge in [-0.05, 0) is 68.6 Å². The van der Waals surface area contributed by atoms with Crippen LogP contribution in [0, 0.1) is 19.8 Å². The van der Waals surface area contributed by atoms with Crippen LogP contribution >= 0.6 is 15.9 Å². The van der Waals surface area contributed by atoms with Crippen molar-refractivity contribution in [3.8, 4) is 0 Å². The van der Waals surface area contributed by atoms with E-state index in [9.17, 15) is 0 Å². The minimum atomic E-state index is 0.777. The quantitative estimate of drug-likeness (QED) is 0.680. The van der Waals surface area contributed by atoms with E-state index in [1.807, 2.05) is 0 Å². The first-order valence-electron chi connectivity index (χ1n) is 6.37. The molecule has 88 valence electrons. The summed E-state index contributed by atoms with van der Waals surface area (Å²) < 4.78 is 0. The van der Waals surface area contributed by atoms with Crippen molar-refractivity contribution in [2.24, 2.45) is 5.92 Å². The number of rotatable bonds is 5. The molecule has 0 spiro atoms. The second-order valence-corrected chi connectivity index (χ2v) is 6.34.